The van der Waals surface area contributed by atoms with Gasteiger partial charge in [-0.05, 0) is 48.7 Å². The lowest BCUT2D eigenvalue weighted by atomic mass is 10.1. The van der Waals surface area contributed by atoms with Crippen LogP contribution in [0.1, 0.15) is 28.8 Å². The van der Waals surface area contributed by atoms with Gasteiger partial charge >= 0.3 is 0 Å². The van der Waals surface area contributed by atoms with Crippen LogP contribution in [0.15, 0.2) is 60.7 Å². The Balaban J connectivity index is 1.61. The van der Waals surface area contributed by atoms with E-state index < -0.39 is 0 Å². The SMILES string of the molecule is CN(C(=O)C=Cc1ccc(C(=O)NC2CC2)cc1)c1ccccc1. The maximum atomic E-state index is 12.2. The number of amides is 2. The van der Waals surface area contributed by atoms with E-state index in [4.69, 9.17) is 0 Å². The molecule has 24 heavy (non-hydrogen) atoms. The molecule has 0 spiro atoms. The third kappa shape index (κ3) is 4.10. The van der Waals surface area contributed by atoms with Crippen LogP contribution in [0.25, 0.3) is 6.08 Å². The molecule has 4 nitrogen and oxygen atoms in total. The van der Waals surface area contributed by atoms with Crippen LogP contribution in [0.3, 0.4) is 0 Å². The number of anilines is 1. The van der Waals surface area contributed by atoms with E-state index >= 15 is 0 Å². The van der Waals surface area contributed by atoms with Crippen molar-refractivity contribution < 1.29 is 9.59 Å². The third-order valence-electron chi connectivity index (χ3n) is 3.98. The van der Waals surface area contributed by atoms with Crippen LogP contribution in [0, 0.1) is 0 Å². The van der Waals surface area contributed by atoms with E-state index in [0.29, 0.717) is 11.6 Å². The summed E-state index contributed by atoms with van der Waals surface area (Å²) in [5, 5.41) is 2.96. The molecule has 1 fully saturated rings. The smallest absolute Gasteiger partial charge is 0.251 e. The summed E-state index contributed by atoms with van der Waals surface area (Å²) in [5.41, 5.74) is 2.37. The Bertz CT molecular complexity index is 747. The summed E-state index contributed by atoms with van der Waals surface area (Å²) in [7, 11) is 1.74. The van der Waals surface area contributed by atoms with Crippen LogP contribution in [-0.4, -0.2) is 24.9 Å². The minimum Gasteiger partial charge on any atom is -0.349 e. The number of carbonyl (C=O) groups is 2. The first-order chi connectivity index (χ1) is 11.6. The molecule has 3 rings (SSSR count). The number of likely N-dealkylation sites (N-methyl/N-ethyl adjacent to an activating group) is 1. The fourth-order valence-corrected chi connectivity index (χ4v) is 2.30. The summed E-state index contributed by atoms with van der Waals surface area (Å²) in [6.07, 6.45) is 5.43. The molecule has 2 aromatic carbocycles. The summed E-state index contributed by atoms with van der Waals surface area (Å²) < 4.78 is 0. The highest BCUT2D eigenvalue weighted by Crippen LogP contribution is 2.19. The number of benzene rings is 2. The predicted octanol–water partition coefficient (Wildman–Crippen LogP) is 3.26. The molecule has 1 saturated carbocycles. The average molecular weight is 320 g/mol. The van der Waals surface area contributed by atoms with E-state index in [0.717, 1.165) is 24.1 Å². The normalized spacial score (nSPS) is 13.7. The second kappa shape index (κ2) is 7.13. The van der Waals surface area contributed by atoms with Gasteiger partial charge in [0.2, 0.25) is 0 Å². The molecular weight excluding hydrogens is 300 g/mol. The quantitative estimate of drug-likeness (QED) is 0.860. The molecule has 0 radical (unpaired) electrons. The maximum Gasteiger partial charge on any atom is 0.251 e. The van der Waals surface area contributed by atoms with Crippen molar-refractivity contribution >= 4 is 23.6 Å². The zero-order valence-corrected chi connectivity index (χ0v) is 13.6. The predicted molar refractivity (Wildman–Crippen MR) is 95.8 cm³/mol. The van der Waals surface area contributed by atoms with E-state index in [1.54, 1.807) is 30.2 Å². The number of rotatable bonds is 5. The van der Waals surface area contributed by atoms with Gasteiger partial charge in [-0.2, -0.15) is 0 Å². The summed E-state index contributed by atoms with van der Waals surface area (Å²) in [6.45, 7) is 0. The standard InChI is InChI=1S/C20H20N2O2/c1-22(18-5-3-2-4-6-18)19(23)14-9-15-7-10-16(11-8-15)20(24)21-17-12-13-17/h2-11,14,17H,12-13H2,1H3,(H,21,24). The molecule has 2 aromatic rings. The highest BCUT2D eigenvalue weighted by atomic mass is 16.2. The van der Waals surface area contributed by atoms with Crippen LogP contribution < -0.4 is 10.2 Å². The van der Waals surface area contributed by atoms with Crippen LogP contribution in [0.4, 0.5) is 5.69 Å². The second-order valence-corrected chi connectivity index (χ2v) is 5.94. The van der Waals surface area contributed by atoms with E-state index in [2.05, 4.69) is 5.32 Å². The molecule has 0 heterocycles. The van der Waals surface area contributed by atoms with Gasteiger partial charge in [0.25, 0.3) is 11.8 Å². The Kier molecular flexibility index (Phi) is 4.75. The van der Waals surface area contributed by atoms with Crippen molar-refractivity contribution in [2.24, 2.45) is 0 Å². The second-order valence-electron chi connectivity index (χ2n) is 5.94. The number of hydrogen-bond donors (Lipinski definition) is 1. The van der Waals surface area contributed by atoms with Gasteiger partial charge in [-0.1, -0.05) is 30.3 Å². The summed E-state index contributed by atoms with van der Waals surface area (Å²) in [5.74, 6) is -0.135. The zero-order valence-electron chi connectivity index (χ0n) is 13.6. The number of para-hydroxylation sites is 1. The molecule has 122 valence electrons. The van der Waals surface area contributed by atoms with Crippen LogP contribution in [0.2, 0.25) is 0 Å². The average Bonchev–Trinajstić information content (AvgIpc) is 3.44. The molecule has 2 amide bonds. The Morgan fingerprint density at radius 1 is 1.04 bits per heavy atom. The van der Waals surface area contributed by atoms with Crippen molar-refractivity contribution in [3.63, 3.8) is 0 Å². The topological polar surface area (TPSA) is 49.4 Å². The van der Waals surface area contributed by atoms with Gasteiger partial charge in [0, 0.05) is 30.4 Å². The van der Waals surface area contributed by atoms with Crippen molar-refractivity contribution in [2.45, 2.75) is 18.9 Å². The molecule has 1 N–H and O–H groups in total. The molecule has 0 saturated heterocycles. The number of hydrogen-bond acceptors (Lipinski definition) is 2. The summed E-state index contributed by atoms with van der Waals surface area (Å²) in [4.78, 5) is 25.7. The van der Waals surface area contributed by atoms with E-state index in [9.17, 15) is 9.59 Å². The van der Waals surface area contributed by atoms with Crippen molar-refractivity contribution in [2.75, 3.05) is 11.9 Å². The van der Waals surface area contributed by atoms with Gasteiger partial charge in [0.1, 0.15) is 0 Å². The van der Waals surface area contributed by atoms with E-state index in [1.807, 2.05) is 42.5 Å². The fourth-order valence-electron chi connectivity index (χ4n) is 2.30. The van der Waals surface area contributed by atoms with Gasteiger partial charge in [-0.3, -0.25) is 9.59 Å². The Morgan fingerprint density at radius 3 is 2.33 bits per heavy atom. The van der Waals surface area contributed by atoms with Crippen LogP contribution >= 0.6 is 0 Å². The minimum absolute atomic E-state index is 0.0343. The lowest BCUT2D eigenvalue weighted by Gasteiger charge is -2.14. The van der Waals surface area contributed by atoms with Crippen molar-refractivity contribution in [3.05, 3.63) is 71.8 Å². The van der Waals surface area contributed by atoms with Gasteiger partial charge < -0.3 is 10.2 Å². The van der Waals surface area contributed by atoms with Gasteiger partial charge in [0.05, 0.1) is 0 Å². The third-order valence-corrected chi connectivity index (χ3v) is 3.98. The van der Waals surface area contributed by atoms with Crippen molar-refractivity contribution in [1.29, 1.82) is 0 Å². The largest absolute Gasteiger partial charge is 0.349 e. The molecule has 0 unspecified atom stereocenters. The highest BCUT2D eigenvalue weighted by Gasteiger charge is 2.23. The Labute approximate surface area is 141 Å². The van der Waals surface area contributed by atoms with Crippen molar-refractivity contribution in [3.8, 4) is 0 Å². The van der Waals surface area contributed by atoms with E-state index in [1.165, 1.54) is 6.08 Å². The lowest BCUT2D eigenvalue weighted by molar-refractivity contribution is -0.113. The maximum absolute atomic E-state index is 12.2. The van der Waals surface area contributed by atoms with Gasteiger partial charge in [-0.15, -0.1) is 0 Å². The lowest BCUT2D eigenvalue weighted by Crippen LogP contribution is -2.25. The Morgan fingerprint density at radius 2 is 1.71 bits per heavy atom. The number of nitrogens with zero attached hydrogens (tertiary/aromatic N) is 1. The Hall–Kier alpha value is -2.88. The molecule has 0 aromatic heterocycles. The highest BCUT2D eigenvalue weighted by molar-refractivity contribution is 6.03. The minimum atomic E-state index is -0.100. The molecular formula is C20H20N2O2. The molecule has 0 aliphatic heterocycles. The first-order valence-corrected chi connectivity index (χ1v) is 8.05. The molecule has 0 bridgehead atoms. The monoisotopic (exact) mass is 320 g/mol. The van der Waals surface area contributed by atoms with Gasteiger partial charge in [0.15, 0.2) is 0 Å². The summed E-state index contributed by atoms with van der Waals surface area (Å²) >= 11 is 0. The van der Waals surface area contributed by atoms with Gasteiger partial charge in [-0.25, -0.2) is 0 Å². The zero-order chi connectivity index (χ0) is 16.9. The fraction of sp³-hybridized carbons (Fsp3) is 0.200. The first-order valence-electron chi connectivity index (χ1n) is 8.05. The summed E-state index contributed by atoms with van der Waals surface area (Å²) in [6, 6.07) is 17.1. The number of carbonyl (C=O) groups excluding carboxylic acids is 2. The van der Waals surface area contributed by atoms with Crippen molar-refractivity contribution in [1.82, 2.24) is 5.32 Å². The molecule has 1 aliphatic carbocycles. The van der Waals surface area contributed by atoms with Crippen LogP contribution in [-0.2, 0) is 4.79 Å². The number of nitrogens with one attached hydrogen (secondary N) is 1. The van der Waals surface area contributed by atoms with E-state index in [-0.39, 0.29) is 11.8 Å². The molecule has 0 atom stereocenters. The first kappa shape index (κ1) is 16.0. The molecule has 1 aliphatic rings. The van der Waals surface area contributed by atoms with Crippen LogP contribution in [0.5, 0.6) is 0 Å². The molecule has 4 heteroatoms.